The molecule has 0 amide bonds. The van der Waals surface area contributed by atoms with E-state index in [0.717, 1.165) is 24.6 Å². The van der Waals surface area contributed by atoms with E-state index >= 15 is 0 Å². The van der Waals surface area contributed by atoms with Crippen LogP contribution in [-0.2, 0) is 13.6 Å². The van der Waals surface area contributed by atoms with Gasteiger partial charge in [0.2, 0.25) is 0 Å². The van der Waals surface area contributed by atoms with E-state index in [1.165, 1.54) is 0 Å². The second-order valence-corrected chi connectivity index (χ2v) is 5.00. The van der Waals surface area contributed by atoms with Crippen molar-refractivity contribution in [3.8, 4) is 5.75 Å². The zero-order chi connectivity index (χ0) is 14.7. The highest BCUT2D eigenvalue weighted by molar-refractivity contribution is 5.32. The van der Waals surface area contributed by atoms with Crippen molar-refractivity contribution in [1.29, 1.82) is 0 Å². The second-order valence-electron chi connectivity index (χ2n) is 5.00. The largest absolute Gasteiger partial charge is 0.493 e. The lowest BCUT2D eigenvalue weighted by atomic mass is 10.2. The Kier molecular flexibility index (Phi) is 4.41. The topological polar surface area (TPSA) is 74.1 Å². The predicted octanol–water partition coefficient (Wildman–Crippen LogP) is 0.235. The maximum atomic E-state index is 6.35. The monoisotopic (exact) mass is 278 g/mol. The zero-order valence-corrected chi connectivity index (χ0v) is 12.4. The molecular formula is C13H22N6O. The van der Waals surface area contributed by atoms with Crippen LogP contribution in [-0.4, -0.2) is 52.0 Å². The van der Waals surface area contributed by atoms with Crippen LogP contribution in [0.25, 0.3) is 0 Å². The lowest BCUT2D eigenvalue weighted by Crippen LogP contribution is -2.25. The summed E-state index contributed by atoms with van der Waals surface area (Å²) in [5.74, 6) is 1.48. The predicted molar refractivity (Wildman–Crippen MR) is 76.6 cm³/mol. The van der Waals surface area contributed by atoms with E-state index in [4.69, 9.17) is 10.5 Å². The Morgan fingerprint density at radius 3 is 2.75 bits per heavy atom. The van der Waals surface area contributed by atoms with E-state index in [1.54, 1.807) is 19.5 Å². The summed E-state index contributed by atoms with van der Waals surface area (Å²) in [5, 5.41) is 4.37. The third-order valence-corrected chi connectivity index (χ3v) is 3.26. The molecular weight excluding hydrogens is 256 g/mol. The number of rotatable bonds is 6. The van der Waals surface area contributed by atoms with Crippen LogP contribution < -0.4 is 10.5 Å². The van der Waals surface area contributed by atoms with Gasteiger partial charge in [-0.15, -0.1) is 0 Å². The van der Waals surface area contributed by atoms with E-state index in [-0.39, 0.29) is 6.04 Å². The fraction of sp³-hybridized carbons (Fsp3) is 0.538. The van der Waals surface area contributed by atoms with Crippen LogP contribution in [0, 0.1) is 0 Å². The quantitative estimate of drug-likeness (QED) is 0.819. The average molecular weight is 278 g/mol. The van der Waals surface area contributed by atoms with Gasteiger partial charge in [0.15, 0.2) is 5.75 Å². The van der Waals surface area contributed by atoms with Gasteiger partial charge in [0, 0.05) is 26.0 Å². The summed E-state index contributed by atoms with van der Waals surface area (Å²) in [5.41, 5.74) is 7.20. The zero-order valence-electron chi connectivity index (χ0n) is 12.4. The van der Waals surface area contributed by atoms with Crippen LogP contribution in [0.15, 0.2) is 18.6 Å². The molecule has 1 atom stereocenters. The molecule has 0 saturated heterocycles. The standard InChI is InChI=1S/C13H22N6O/c1-17(2)7-8-19-12(10(20-4)9-16-19)11(14)13-15-5-6-18(13)3/h5-6,9,11H,7-8,14H2,1-4H3. The van der Waals surface area contributed by atoms with Gasteiger partial charge in [-0.25, -0.2) is 4.98 Å². The van der Waals surface area contributed by atoms with Gasteiger partial charge < -0.3 is 19.9 Å². The number of hydrogen-bond donors (Lipinski definition) is 1. The molecule has 0 spiro atoms. The van der Waals surface area contributed by atoms with Crippen LogP contribution in [0.5, 0.6) is 5.75 Å². The van der Waals surface area contributed by atoms with Crippen LogP contribution in [0.3, 0.4) is 0 Å². The first-order valence-corrected chi connectivity index (χ1v) is 6.51. The molecule has 7 nitrogen and oxygen atoms in total. The van der Waals surface area contributed by atoms with Crippen molar-refractivity contribution in [3.63, 3.8) is 0 Å². The van der Waals surface area contributed by atoms with Crippen molar-refractivity contribution in [2.24, 2.45) is 12.8 Å². The number of hydrogen-bond acceptors (Lipinski definition) is 5. The van der Waals surface area contributed by atoms with Gasteiger partial charge in [0.1, 0.15) is 17.6 Å². The first-order chi connectivity index (χ1) is 9.54. The molecule has 20 heavy (non-hydrogen) atoms. The van der Waals surface area contributed by atoms with Crippen molar-refractivity contribution < 1.29 is 4.74 Å². The van der Waals surface area contributed by atoms with Crippen LogP contribution >= 0.6 is 0 Å². The maximum absolute atomic E-state index is 6.35. The lowest BCUT2D eigenvalue weighted by Gasteiger charge is -2.17. The van der Waals surface area contributed by atoms with E-state index in [1.807, 2.05) is 36.6 Å². The molecule has 0 fully saturated rings. The fourth-order valence-electron chi connectivity index (χ4n) is 2.12. The van der Waals surface area contributed by atoms with Crippen molar-refractivity contribution >= 4 is 0 Å². The number of nitrogens with zero attached hydrogens (tertiary/aromatic N) is 5. The Labute approximate surface area is 119 Å². The Morgan fingerprint density at radius 2 is 2.20 bits per heavy atom. The van der Waals surface area contributed by atoms with Gasteiger partial charge in [0.25, 0.3) is 0 Å². The lowest BCUT2D eigenvalue weighted by molar-refractivity contribution is 0.362. The molecule has 2 rings (SSSR count). The van der Waals surface area contributed by atoms with Gasteiger partial charge in [-0.2, -0.15) is 5.10 Å². The Balaban J connectivity index is 2.33. The number of aryl methyl sites for hydroxylation is 1. The normalized spacial score (nSPS) is 12.9. The summed E-state index contributed by atoms with van der Waals surface area (Å²) in [6.07, 6.45) is 5.32. The molecule has 0 aliphatic carbocycles. The smallest absolute Gasteiger partial charge is 0.162 e. The van der Waals surface area contributed by atoms with Crippen LogP contribution in [0.1, 0.15) is 17.6 Å². The van der Waals surface area contributed by atoms with Crippen LogP contribution in [0.4, 0.5) is 0 Å². The summed E-state index contributed by atoms with van der Waals surface area (Å²) in [4.78, 5) is 6.42. The molecule has 2 heterocycles. The molecule has 1 unspecified atom stereocenters. The third-order valence-electron chi connectivity index (χ3n) is 3.26. The molecule has 0 aliphatic heterocycles. The SMILES string of the molecule is COc1cnn(CCN(C)C)c1C(N)c1nccn1C. The molecule has 7 heteroatoms. The highest BCUT2D eigenvalue weighted by atomic mass is 16.5. The van der Waals surface area contributed by atoms with E-state index in [2.05, 4.69) is 15.0 Å². The number of imidazole rings is 1. The molecule has 0 aromatic carbocycles. The Hall–Kier alpha value is -1.86. The van der Waals surface area contributed by atoms with Crippen LogP contribution in [0.2, 0.25) is 0 Å². The third kappa shape index (κ3) is 2.83. The first-order valence-electron chi connectivity index (χ1n) is 6.51. The Morgan fingerprint density at radius 1 is 1.45 bits per heavy atom. The summed E-state index contributed by atoms with van der Waals surface area (Å²) in [6.45, 7) is 1.63. The minimum Gasteiger partial charge on any atom is -0.493 e. The molecule has 0 bridgehead atoms. The van der Waals surface area contributed by atoms with Crippen molar-refractivity contribution in [1.82, 2.24) is 24.2 Å². The molecule has 0 saturated carbocycles. The number of methoxy groups -OCH3 is 1. The molecule has 0 radical (unpaired) electrons. The van der Waals surface area contributed by atoms with Gasteiger partial charge in [-0.1, -0.05) is 0 Å². The molecule has 2 aromatic rings. The minimum absolute atomic E-state index is 0.366. The summed E-state index contributed by atoms with van der Waals surface area (Å²) >= 11 is 0. The average Bonchev–Trinajstić information content (AvgIpc) is 3.01. The minimum atomic E-state index is -0.366. The fourth-order valence-corrected chi connectivity index (χ4v) is 2.12. The van der Waals surface area contributed by atoms with Crippen molar-refractivity contribution in [2.45, 2.75) is 12.6 Å². The number of likely N-dealkylation sites (N-methyl/N-ethyl adjacent to an activating group) is 1. The van der Waals surface area contributed by atoms with Gasteiger partial charge in [0.05, 0.1) is 19.9 Å². The Bertz CT molecular complexity index is 559. The first kappa shape index (κ1) is 14.5. The number of aromatic nitrogens is 4. The van der Waals surface area contributed by atoms with E-state index < -0.39 is 0 Å². The van der Waals surface area contributed by atoms with Crippen molar-refractivity contribution in [3.05, 3.63) is 30.1 Å². The van der Waals surface area contributed by atoms with Gasteiger partial charge >= 0.3 is 0 Å². The number of ether oxygens (including phenoxy) is 1. The molecule has 0 aliphatic rings. The second kappa shape index (κ2) is 6.06. The summed E-state index contributed by atoms with van der Waals surface area (Å²) < 4.78 is 9.18. The van der Waals surface area contributed by atoms with Gasteiger partial charge in [-0.3, -0.25) is 4.68 Å². The van der Waals surface area contributed by atoms with E-state index in [0.29, 0.717) is 5.75 Å². The highest BCUT2D eigenvalue weighted by Crippen LogP contribution is 2.27. The summed E-state index contributed by atoms with van der Waals surface area (Å²) in [7, 11) is 7.61. The van der Waals surface area contributed by atoms with Crippen molar-refractivity contribution in [2.75, 3.05) is 27.7 Å². The maximum Gasteiger partial charge on any atom is 0.162 e. The molecule has 110 valence electrons. The molecule has 2 aromatic heterocycles. The molecule has 2 N–H and O–H groups in total. The van der Waals surface area contributed by atoms with E-state index in [9.17, 15) is 0 Å². The highest BCUT2D eigenvalue weighted by Gasteiger charge is 2.23. The number of nitrogens with two attached hydrogens (primary N) is 1. The van der Waals surface area contributed by atoms with Gasteiger partial charge in [-0.05, 0) is 14.1 Å². The summed E-state index contributed by atoms with van der Waals surface area (Å²) in [6, 6.07) is -0.366.